The molecular formula is C14H10BrFN2O2S. The lowest BCUT2D eigenvalue weighted by atomic mass is 10.3. The van der Waals surface area contributed by atoms with Crippen molar-refractivity contribution in [2.24, 2.45) is 0 Å². The molecule has 1 N–H and O–H groups in total. The Morgan fingerprint density at radius 2 is 2.29 bits per heavy atom. The highest BCUT2D eigenvalue weighted by Crippen LogP contribution is 2.24. The van der Waals surface area contributed by atoms with Crippen molar-refractivity contribution in [1.29, 1.82) is 5.26 Å². The van der Waals surface area contributed by atoms with Crippen molar-refractivity contribution >= 4 is 38.2 Å². The Labute approximate surface area is 133 Å². The maximum absolute atomic E-state index is 13.6. The zero-order valence-corrected chi connectivity index (χ0v) is 13.3. The second-order valence-electron chi connectivity index (χ2n) is 4.10. The van der Waals surface area contributed by atoms with Gasteiger partial charge in [0.1, 0.15) is 11.1 Å². The Balaban J connectivity index is 2.05. The minimum absolute atomic E-state index is 0.00691. The zero-order valence-electron chi connectivity index (χ0n) is 10.9. The predicted molar refractivity (Wildman–Crippen MR) is 81.9 cm³/mol. The smallest absolute Gasteiger partial charge is 0.265 e. The van der Waals surface area contributed by atoms with Crippen LogP contribution in [0.3, 0.4) is 0 Å². The van der Waals surface area contributed by atoms with Crippen LogP contribution in [-0.4, -0.2) is 12.0 Å². The molecular weight excluding hydrogens is 359 g/mol. The van der Waals surface area contributed by atoms with E-state index in [1.165, 1.54) is 30.4 Å². The van der Waals surface area contributed by atoms with Crippen molar-refractivity contribution in [3.63, 3.8) is 0 Å². The quantitative estimate of drug-likeness (QED) is 0.889. The molecule has 0 radical (unpaired) electrons. The maximum atomic E-state index is 13.6. The van der Waals surface area contributed by atoms with Gasteiger partial charge in [-0.25, -0.2) is 4.39 Å². The van der Waals surface area contributed by atoms with Gasteiger partial charge in [-0.15, -0.1) is 11.3 Å². The van der Waals surface area contributed by atoms with Gasteiger partial charge in [0.25, 0.3) is 5.91 Å². The van der Waals surface area contributed by atoms with Gasteiger partial charge >= 0.3 is 0 Å². The van der Waals surface area contributed by atoms with Crippen LogP contribution in [0.2, 0.25) is 0 Å². The number of nitrogens with one attached hydrogen (secondary N) is 1. The van der Waals surface area contributed by atoms with Crippen LogP contribution in [0, 0.1) is 17.1 Å². The molecule has 108 valence electrons. The first kappa shape index (κ1) is 15.5. The molecule has 2 aromatic rings. The van der Waals surface area contributed by atoms with E-state index < -0.39 is 17.8 Å². The standard InChI is InChI=1S/C14H10BrFN2O2S/c1-8(20-12-3-2-10(15)6-11(12)16)13(19)18-14-9(7-17)4-5-21-14/h2-6,8H,1H3,(H,18,19)/t8-/m1/s1. The van der Waals surface area contributed by atoms with Gasteiger partial charge in [0.15, 0.2) is 17.7 Å². The van der Waals surface area contributed by atoms with Crippen LogP contribution in [0.25, 0.3) is 0 Å². The SMILES string of the molecule is C[C@@H](Oc1ccc(Br)cc1F)C(=O)Nc1sccc1C#N. The molecule has 1 amide bonds. The molecule has 0 fully saturated rings. The average molecular weight is 369 g/mol. The lowest BCUT2D eigenvalue weighted by molar-refractivity contribution is -0.122. The van der Waals surface area contributed by atoms with Crippen molar-refractivity contribution < 1.29 is 13.9 Å². The molecule has 0 saturated heterocycles. The number of carbonyl (C=O) groups excluding carboxylic acids is 1. The van der Waals surface area contributed by atoms with Crippen molar-refractivity contribution in [3.8, 4) is 11.8 Å². The summed E-state index contributed by atoms with van der Waals surface area (Å²) in [5.74, 6) is -1.01. The van der Waals surface area contributed by atoms with Crippen LogP contribution in [0.5, 0.6) is 5.75 Å². The molecule has 2 rings (SSSR count). The number of nitrogens with zero attached hydrogens (tertiary/aromatic N) is 1. The molecule has 0 aliphatic rings. The first-order valence-corrected chi connectivity index (χ1v) is 7.58. The number of ether oxygens (including phenoxy) is 1. The molecule has 0 bridgehead atoms. The third-order valence-electron chi connectivity index (χ3n) is 2.59. The lowest BCUT2D eigenvalue weighted by Crippen LogP contribution is -2.30. The van der Waals surface area contributed by atoms with Crippen LogP contribution < -0.4 is 10.1 Å². The van der Waals surface area contributed by atoms with Crippen molar-refractivity contribution in [1.82, 2.24) is 0 Å². The molecule has 4 nitrogen and oxygen atoms in total. The number of hydrogen-bond donors (Lipinski definition) is 1. The predicted octanol–water partition coefficient (Wildman–Crippen LogP) is 3.93. The third-order valence-corrected chi connectivity index (χ3v) is 3.91. The number of benzene rings is 1. The molecule has 1 atom stereocenters. The van der Waals surface area contributed by atoms with E-state index >= 15 is 0 Å². The van der Waals surface area contributed by atoms with Crippen LogP contribution in [0.1, 0.15) is 12.5 Å². The summed E-state index contributed by atoms with van der Waals surface area (Å²) in [6.45, 7) is 1.51. The van der Waals surface area contributed by atoms with Crippen LogP contribution in [0.15, 0.2) is 34.1 Å². The highest BCUT2D eigenvalue weighted by Gasteiger charge is 2.18. The van der Waals surface area contributed by atoms with Crippen molar-refractivity contribution in [2.75, 3.05) is 5.32 Å². The van der Waals surface area contributed by atoms with Gasteiger partial charge in [-0.1, -0.05) is 15.9 Å². The van der Waals surface area contributed by atoms with Crippen molar-refractivity contribution in [3.05, 3.63) is 45.5 Å². The molecule has 7 heteroatoms. The van der Waals surface area contributed by atoms with Crippen molar-refractivity contribution in [2.45, 2.75) is 13.0 Å². The first-order chi connectivity index (χ1) is 10.0. The number of halogens is 2. The second kappa shape index (κ2) is 6.70. The molecule has 0 aliphatic carbocycles. The lowest BCUT2D eigenvalue weighted by Gasteiger charge is -2.14. The average Bonchev–Trinajstić information content (AvgIpc) is 2.89. The Bertz CT molecular complexity index is 711. The Morgan fingerprint density at radius 1 is 1.52 bits per heavy atom. The fraction of sp³-hybridized carbons (Fsp3) is 0.143. The number of thiophene rings is 1. The van der Waals surface area contributed by atoms with E-state index in [0.717, 1.165) is 0 Å². The van der Waals surface area contributed by atoms with Gasteiger partial charge in [-0.3, -0.25) is 4.79 Å². The summed E-state index contributed by atoms with van der Waals surface area (Å²) in [6, 6.07) is 7.90. The van der Waals surface area contributed by atoms with E-state index in [0.29, 0.717) is 15.0 Å². The Hall–Kier alpha value is -1.91. The normalized spacial score (nSPS) is 11.5. The van der Waals surface area contributed by atoms with E-state index in [1.54, 1.807) is 17.5 Å². The van der Waals surface area contributed by atoms with Crippen LogP contribution in [-0.2, 0) is 4.79 Å². The van der Waals surface area contributed by atoms with Crippen LogP contribution in [0.4, 0.5) is 9.39 Å². The summed E-state index contributed by atoms with van der Waals surface area (Å²) in [6.07, 6.45) is -0.894. The van der Waals surface area contributed by atoms with E-state index in [1.807, 2.05) is 6.07 Å². The number of rotatable bonds is 4. The van der Waals surface area contributed by atoms with Gasteiger partial charge in [-0.05, 0) is 36.6 Å². The third kappa shape index (κ3) is 3.80. The summed E-state index contributed by atoms with van der Waals surface area (Å²) < 4.78 is 19.5. The Morgan fingerprint density at radius 3 is 2.95 bits per heavy atom. The fourth-order valence-electron chi connectivity index (χ4n) is 1.52. The summed E-state index contributed by atoms with van der Waals surface area (Å²) >= 11 is 4.38. The zero-order chi connectivity index (χ0) is 15.4. The molecule has 0 spiro atoms. The molecule has 21 heavy (non-hydrogen) atoms. The molecule has 0 aliphatic heterocycles. The van der Waals surface area contributed by atoms with Gasteiger partial charge in [0, 0.05) is 4.47 Å². The monoisotopic (exact) mass is 368 g/mol. The minimum Gasteiger partial charge on any atom is -0.478 e. The van der Waals surface area contributed by atoms with Gasteiger partial charge in [-0.2, -0.15) is 5.26 Å². The Kier molecular flexibility index (Phi) is 4.94. The molecule has 1 aromatic heterocycles. The number of hydrogen-bond acceptors (Lipinski definition) is 4. The summed E-state index contributed by atoms with van der Waals surface area (Å²) in [5, 5.41) is 13.6. The van der Waals surface area contributed by atoms with E-state index in [9.17, 15) is 9.18 Å². The fourth-order valence-corrected chi connectivity index (χ4v) is 2.60. The highest BCUT2D eigenvalue weighted by molar-refractivity contribution is 9.10. The second-order valence-corrected chi connectivity index (χ2v) is 5.93. The number of nitriles is 1. The van der Waals surface area contributed by atoms with Gasteiger partial charge in [0.2, 0.25) is 0 Å². The number of anilines is 1. The summed E-state index contributed by atoms with van der Waals surface area (Å²) in [7, 11) is 0. The van der Waals surface area contributed by atoms with Crippen LogP contribution >= 0.6 is 27.3 Å². The maximum Gasteiger partial charge on any atom is 0.265 e. The van der Waals surface area contributed by atoms with E-state index in [2.05, 4.69) is 21.2 Å². The first-order valence-electron chi connectivity index (χ1n) is 5.91. The van der Waals surface area contributed by atoms with E-state index in [-0.39, 0.29) is 5.75 Å². The van der Waals surface area contributed by atoms with E-state index in [4.69, 9.17) is 10.00 Å². The van der Waals surface area contributed by atoms with Gasteiger partial charge < -0.3 is 10.1 Å². The summed E-state index contributed by atoms with van der Waals surface area (Å²) in [4.78, 5) is 12.0. The molecule has 0 saturated carbocycles. The molecule has 1 heterocycles. The summed E-state index contributed by atoms with van der Waals surface area (Å²) in [5.41, 5.74) is 0.385. The number of carbonyl (C=O) groups is 1. The topological polar surface area (TPSA) is 62.1 Å². The minimum atomic E-state index is -0.894. The molecule has 0 unspecified atom stereocenters. The highest BCUT2D eigenvalue weighted by atomic mass is 79.9. The molecule has 1 aromatic carbocycles. The number of amides is 1. The van der Waals surface area contributed by atoms with Gasteiger partial charge in [0.05, 0.1) is 5.56 Å². The largest absolute Gasteiger partial charge is 0.478 e.